The number of carbonyl (C=O) groups excluding carboxylic acids is 3. The fraction of sp³-hybridized carbons (Fsp3) is 0.318. The van der Waals surface area contributed by atoms with Crippen molar-refractivity contribution in [3.63, 3.8) is 0 Å². The van der Waals surface area contributed by atoms with Crippen molar-refractivity contribution in [1.82, 2.24) is 5.32 Å². The van der Waals surface area contributed by atoms with Crippen LogP contribution in [0.3, 0.4) is 0 Å². The molecule has 0 spiro atoms. The number of hydrogen-bond acceptors (Lipinski definition) is 4. The van der Waals surface area contributed by atoms with Crippen molar-refractivity contribution in [2.24, 2.45) is 0 Å². The Morgan fingerprint density at radius 3 is 2.07 bits per heavy atom. The summed E-state index contributed by atoms with van der Waals surface area (Å²) in [6.45, 7) is 7.36. The van der Waals surface area contributed by atoms with Gasteiger partial charge in [0.15, 0.2) is 6.61 Å². The zero-order valence-electron chi connectivity index (χ0n) is 17.1. The maximum atomic E-state index is 12.0. The standard InChI is InChI=1S/C22H27N3O4/c1-15(23-21(28)25-17-8-6-5-7-9-17)20(27)29-14-19(26)24-18-12-10-16(11-13-18)22(2,3)4/h5-13,15H,14H2,1-4H3,(H,24,26)(H2,23,25,28)/t15-/m0/s1. The number of benzene rings is 2. The molecule has 0 unspecified atom stereocenters. The summed E-state index contributed by atoms with van der Waals surface area (Å²) in [7, 11) is 0. The van der Waals surface area contributed by atoms with Crippen molar-refractivity contribution in [2.75, 3.05) is 17.2 Å². The van der Waals surface area contributed by atoms with Gasteiger partial charge >= 0.3 is 12.0 Å². The molecular formula is C22H27N3O4. The second-order valence-corrected chi connectivity index (χ2v) is 7.67. The van der Waals surface area contributed by atoms with Crippen LogP contribution in [-0.2, 0) is 19.7 Å². The number of para-hydroxylation sites is 1. The van der Waals surface area contributed by atoms with Gasteiger partial charge < -0.3 is 20.7 Å². The summed E-state index contributed by atoms with van der Waals surface area (Å²) in [5.41, 5.74) is 2.39. The number of rotatable bonds is 6. The maximum Gasteiger partial charge on any atom is 0.328 e. The van der Waals surface area contributed by atoms with E-state index in [1.54, 1.807) is 36.4 Å². The number of urea groups is 1. The Morgan fingerprint density at radius 2 is 1.48 bits per heavy atom. The minimum absolute atomic E-state index is 0.0218. The van der Waals surface area contributed by atoms with E-state index in [2.05, 4.69) is 36.7 Å². The lowest BCUT2D eigenvalue weighted by atomic mass is 9.87. The van der Waals surface area contributed by atoms with Gasteiger partial charge in [-0.15, -0.1) is 0 Å². The highest BCUT2D eigenvalue weighted by Crippen LogP contribution is 2.23. The van der Waals surface area contributed by atoms with Gasteiger partial charge in [0.1, 0.15) is 6.04 Å². The molecule has 29 heavy (non-hydrogen) atoms. The molecule has 0 aliphatic heterocycles. The molecule has 0 saturated carbocycles. The SMILES string of the molecule is C[C@H](NC(=O)Nc1ccccc1)C(=O)OCC(=O)Nc1ccc(C(C)(C)C)cc1. The van der Waals surface area contributed by atoms with Crippen LogP contribution in [0.4, 0.5) is 16.2 Å². The number of hydrogen-bond donors (Lipinski definition) is 3. The Hall–Kier alpha value is -3.35. The van der Waals surface area contributed by atoms with Crippen molar-refractivity contribution < 1.29 is 19.1 Å². The minimum atomic E-state index is -0.905. The Labute approximate surface area is 170 Å². The van der Waals surface area contributed by atoms with E-state index >= 15 is 0 Å². The van der Waals surface area contributed by atoms with Crippen LogP contribution in [0.5, 0.6) is 0 Å². The van der Waals surface area contributed by atoms with E-state index in [1.807, 2.05) is 18.2 Å². The summed E-state index contributed by atoms with van der Waals surface area (Å²) in [6.07, 6.45) is 0. The van der Waals surface area contributed by atoms with Gasteiger partial charge in [0.25, 0.3) is 5.91 Å². The predicted octanol–water partition coefficient (Wildman–Crippen LogP) is 3.68. The highest BCUT2D eigenvalue weighted by atomic mass is 16.5. The molecule has 2 rings (SSSR count). The summed E-state index contributed by atoms with van der Waals surface area (Å²) in [5, 5.41) is 7.74. The highest BCUT2D eigenvalue weighted by molar-refractivity contribution is 5.94. The second kappa shape index (κ2) is 9.73. The first-order valence-corrected chi connectivity index (χ1v) is 9.35. The summed E-state index contributed by atoms with van der Waals surface area (Å²) < 4.78 is 4.97. The first-order valence-electron chi connectivity index (χ1n) is 9.35. The summed E-state index contributed by atoms with van der Waals surface area (Å²) in [4.78, 5) is 35.9. The van der Waals surface area contributed by atoms with Crippen LogP contribution in [0.25, 0.3) is 0 Å². The normalized spacial score (nSPS) is 11.9. The highest BCUT2D eigenvalue weighted by Gasteiger charge is 2.18. The van der Waals surface area contributed by atoms with Gasteiger partial charge in [-0.3, -0.25) is 4.79 Å². The van der Waals surface area contributed by atoms with Crippen molar-refractivity contribution >= 4 is 29.3 Å². The Morgan fingerprint density at radius 1 is 0.897 bits per heavy atom. The minimum Gasteiger partial charge on any atom is -0.454 e. The van der Waals surface area contributed by atoms with E-state index in [9.17, 15) is 14.4 Å². The smallest absolute Gasteiger partial charge is 0.328 e. The average Bonchev–Trinajstić information content (AvgIpc) is 2.66. The monoisotopic (exact) mass is 397 g/mol. The summed E-state index contributed by atoms with van der Waals surface area (Å²) >= 11 is 0. The zero-order chi connectivity index (χ0) is 21.4. The van der Waals surface area contributed by atoms with E-state index in [-0.39, 0.29) is 5.41 Å². The number of anilines is 2. The van der Waals surface area contributed by atoms with Crippen LogP contribution < -0.4 is 16.0 Å². The third-order valence-electron chi connectivity index (χ3n) is 4.11. The quantitative estimate of drug-likeness (QED) is 0.648. The lowest BCUT2D eigenvalue weighted by Gasteiger charge is -2.19. The van der Waals surface area contributed by atoms with E-state index in [0.29, 0.717) is 11.4 Å². The van der Waals surface area contributed by atoms with Crippen LogP contribution >= 0.6 is 0 Å². The first kappa shape index (κ1) is 21.9. The molecule has 2 aromatic rings. The molecule has 7 nitrogen and oxygen atoms in total. The van der Waals surface area contributed by atoms with Crippen molar-refractivity contribution in [3.05, 3.63) is 60.2 Å². The molecule has 0 bridgehead atoms. The molecule has 0 radical (unpaired) electrons. The Bertz CT molecular complexity index is 843. The molecule has 3 amide bonds. The summed E-state index contributed by atoms with van der Waals surface area (Å²) in [5.74, 6) is -1.16. The summed E-state index contributed by atoms with van der Waals surface area (Å²) in [6, 6.07) is 14.9. The van der Waals surface area contributed by atoms with Crippen molar-refractivity contribution in [3.8, 4) is 0 Å². The fourth-order valence-corrected chi connectivity index (χ4v) is 2.46. The van der Waals surface area contributed by atoms with Gasteiger partial charge in [-0.2, -0.15) is 0 Å². The van der Waals surface area contributed by atoms with Crippen LogP contribution in [0.15, 0.2) is 54.6 Å². The lowest BCUT2D eigenvalue weighted by Crippen LogP contribution is -2.42. The fourth-order valence-electron chi connectivity index (χ4n) is 2.46. The first-order chi connectivity index (χ1) is 13.6. The molecule has 0 heterocycles. The van der Waals surface area contributed by atoms with Gasteiger partial charge in [-0.05, 0) is 42.2 Å². The van der Waals surface area contributed by atoms with Gasteiger partial charge in [0, 0.05) is 11.4 Å². The van der Waals surface area contributed by atoms with E-state index in [1.165, 1.54) is 6.92 Å². The molecule has 2 aromatic carbocycles. The van der Waals surface area contributed by atoms with Crippen LogP contribution in [0.2, 0.25) is 0 Å². The van der Waals surface area contributed by atoms with Crippen molar-refractivity contribution in [2.45, 2.75) is 39.2 Å². The van der Waals surface area contributed by atoms with Gasteiger partial charge in [0.05, 0.1) is 0 Å². The third-order valence-corrected chi connectivity index (χ3v) is 4.11. The zero-order valence-corrected chi connectivity index (χ0v) is 17.1. The molecule has 0 saturated heterocycles. The van der Waals surface area contributed by atoms with E-state index < -0.39 is 30.6 Å². The van der Waals surface area contributed by atoms with Crippen LogP contribution in [0.1, 0.15) is 33.3 Å². The second-order valence-electron chi connectivity index (χ2n) is 7.67. The molecule has 154 valence electrons. The van der Waals surface area contributed by atoms with E-state index in [0.717, 1.165) is 5.56 Å². The van der Waals surface area contributed by atoms with Gasteiger partial charge in [0.2, 0.25) is 0 Å². The predicted molar refractivity (Wildman–Crippen MR) is 113 cm³/mol. The number of nitrogens with one attached hydrogen (secondary N) is 3. The Kier molecular flexibility index (Phi) is 7.36. The number of esters is 1. The largest absolute Gasteiger partial charge is 0.454 e. The van der Waals surface area contributed by atoms with Crippen LogP contribution in [-0.4, -0.2) is 30.6 Å². The van der Waals surface area contributed by atoms with Gasteiger partial charge in [-0.1, -0.05) is 51.1 Å². The van der Waals surface area contributed by atoms with Gasteiger partial charge in [-0.25, -0.2) is 9.59 Å². The molecule has 0 fully saturated rings. The molecular weight excluding hydrogens is 370 g/mol. The number of carbonyl (C=O) groups is 3. The topological polar surface area (TPSA) is 96.5 Å². The van der Waals surface area contributed by atoms with Crippen LogP contribution in [0, 0.1) is 0 Å². The molecule has 0 aliphatic carbocycles. The maximum absolute atomic E-state index is 12.0. The lowest BCUT2D eigenvalue weighted by molar-refractivity contribution is -0.148. The molecule has 0 aliphatic rings. The molecule has 1 atom stereocenters. The number of ether oxygens (including phenoxy) is 1. The molecule has 0 aromatic heterocycles. The Balaban J connectivity index is 1.76. The molecule has 3 N–H and O–H groups in total. The molecule has 7 heteroatoms. The third kappa shape index (κ3) is 7.29. The van der Waals surface area contributed by atoms with E-state index in [4.69, 9.17) is 4.74 Å². The average molecular weight is 397 g/mol. The van der Waals surface area contributed by atoms with Crippen molar-refractivity contribution in [1.29, 1.82) is 0 Å². The number of amides is 3.